The van der Waals surface area contributed by atoms with Crippen LogP contribution in [0.5, 0.6) is 0 Å². The maximum absolute atomic E-state index is 5.93. The molecule has 0 spiro atoms. The van der Waals surface area contributed by atoms with Gasteiger partial charge in [-0.15, -0.1) is 11.7 Å². The molecule has 0 bridgehead atoms. The summed E-state index contributed by atoms with van der Waals surface area (Å²) < 4.78 is 0. The van der Waals surface area contributed by atoms with E-state index in [1.54, 1.807) is 10.8 Å². The first-order valence-corrected chi connectivity index (χ1v) is 8.63. The summed E-state index contributed by atoms with van der Waals surface area (Å²) in [6.45, 7) is 7.71. The Balaban J connectivity index is 2.77. The van der Waals surface area contributed by atoms with Crippen molar-refractivity contribution in [2.24, 2.45) is 0 Å². The van der Waals surface area contributed by atoms with E-state index in [0.29, 0.717) is 5.25 Å². The van der Waals surface area contributed by atoms with Crippen LogP contribution in [0.25, 0.3) is 0 Å². The molecule has 0 saturated carbocycles. The van der Waals surface area contributed by atoms with Crippen LogP contribution in [0.15, 0.2) is 24.3 Å². The summed E-state index contributed by atoms with van der Waals surface area (Å²) in [7, 11) is 1.58. The summed E-state index contributed by atoms with van der Waals surface area (Å²) in [5.74, 6) is 0. The lowest BCUT2D eigenvalue weighted by atomic mass is 9.94. The molecule has 0 amide bonds. The number of thiol groups is 1. The van der Waals surface area contributed by atoms with Gasteiger partial charge in [0.2, 0.25) is 0 Å². The molecule has 1 aromatic carbocycles. The summed E-state index contributed by atoms with van der Waals surface area (Å²) >= 11 is 10.4. The Morgan fingerprint density at radius 3 is 2.44 bits per heavy atom. The second kappa shape index (κ2) is 7.68. The highest BCUT2D eigenvalue weighted by molar-refractivity contribution is 8.68. The summed E-state index contributed by atoms with van der Waals surface area (Å²) in [5.41, 5.74) is 1.27. The zero-order valence-electron chi connectivity index (χ0n) is 11.2. The number of nitrogens with one attached hydrogen (secondary N) is 1. The van der Waals surface area contributed by atoms with Crippen LogP contribution in [-0.4, -0.2) is 12.1 Å². The Hall–Kier alpha value is 0.170. The number of halogens is 1. The third kappa shape index (κ3) is 4.69. The van der Waals surface area contributed by atoms with Crippen LogP contribution >= 0.6 is 34.1 Å². The van der Waals surface area contributed by atoms with E-state index in [1.165, 1.54) is 18.4 Å². The van der Waals surface area contributed by atoms with Gasteiger partial charge in [-0.1, -0.05) is 47.9 Å². The van der Waals surface area contributed by atoms with Gasteiger partial charge in [-0.25, -0.2) is 0 Å². The van der Waals surface area contributed by atoms with Gasteiger partial charge >= 0.3 is 0 Å². The number of hydrogen-bond donors (Lipinski definition) is 2. The average Bonchev–Trinajstić information content (AvgIpc) is 2.32. The maximum Gasteiger partial charge on any atom is 0.0574 e. The third-order valence-corrected chi connectivity index (χ3v) is 5.00. The first-order chi connectivity index (χ1) is 8.51. The van der Waals surface area contributed by atoms with Crippen LogP contribution in [-0.2, 0) is 0 Å². The molecule has 1 aromatic rings. The lowest BCUT2D eigenvalue weighted by molar-refractivity contribution is 0.377. The topological polar surface area (TPSA) is 12.0 Å². The predicted molar refractivity (Wildman–Crippen MR) is 87.8 cm³/mol. The third-order valence-electron chi connectivity index (χ3n) is 3.04. The smallest absolute Gasteiger partial charge is 0.0574 e. The van der Waals surface area contributed by atoms with Crippen LogP contribution in [0.1, 0.15) is 44.4 Å². The highest BCUT2D eigenvalue weighted by Gasteiger charge is 2.29. The van der Waals surface area contributed by atoms with E-state index < -0.39 is 0 Å². The summed E-state index contributed by atoms with van der Waals surface area (Å²) in [5, 5.41) is 4.70. The van der Waals surface area contributed by atoms with Gasteiger partial charge in [0.25, 0.3) is 0 Å². The second-order valence-corrected chi connectivity index (χ2v) is 6.79. The molecule has 0 radical (unpaired) electrons. The monoisotopic (exact) mass is 303 g/mol. The summed E-state index contributed by atoms with van der Waals surface area (Å²) in [6, 6.07) is 8.05. The molecule has 1 rings (SSSR count). The van der Waals surface area contributed by atoms with Crippen molar-refractivity contribution >= 4 is 34.1 Å². The van der Waals surface area contributed by atoms with Crippen molar-refractivity contribution in [2.45, 2.75) is 44.4 Å². The molecule has 4 heteroatoms. The molecule has 0 fully saturated rings. The second-order valence-electron chi connectivity index (χ2n) is 5.04. The molecule has 1 atom stereocenters. The number of unbranched alkanes of at least 4 members (excludes halogenated alkanes) is 1. The van der Waals surface area contributed by atoms with Crippen molar-refractivity contribution in [3.05, 3.63) is 34.9 Å². The molecule has 0 saturated heterocycles. The Morgan fingerprint density at radius 2 is 1.94 bits per heavy atom. The Kier molecular flexibility index (Phi) is 6.93. The molecule has 102 valence electrons. The molecular formula is C14H22ClNS2. The lowest BCUT2D eigenvalue weighted by Crippen LogP contribution is -2.43. The van der Waals surface area contributed by atoms with Gasteiger partial charge in [0.05, 0.1) is 5.25 Å². The van der Waals surface area contributed by atoms with Crippen molar-refractivity contribution in [3.8, 4) is 0 Å². The van der Waals surface area contributed by atoms with Gasteiger partial charge in [0.15, 0.2) is 0 Å². The van der Waals surface area contributed by atoms with Crippen LogP contribution in [0.4, 0.5) is 0 Å². The van der Waals surface area contributed by atoms with E-state index in [2.05, 4.69) is 49.9 Å². The fraction of sp³-hybridized carbons (Fsp3) is 0.571. The molecule has 0 aliphatic rings. The van der Waals surface area contributed by atoms with Gasteiger partial charge in [-0.3, -0.25) is 0 Å². The minimum atomic E-state index is 0.00934. The van der Waals surface area contributed by atoms with Gasteiger partial charge in [0.1, 0.15) is 0 Å². The molecule has 0 unspecified atom stereocenters. The largest absolute Gasteiger partial charge is 0.310 e. The quantitative estimate of drug-likeness (QED) is 0.411. The van der Waals surface area contributed by atoms with Crippen molar-refractivity contribution in [1.82, 2.24) is 5.32 Å². The number of rotatable bonds is 7. The molecule has 0 aliphatic carbocycles. The highest BCUT2D eigenvalue weighted by Crippen LogP contribution is 2.40. The SMILES string of the molecule is CCCCNC(C)(C)[C@@H](SS)c1ccc(Cl)cc1. The van der Waals surface area contributed by atoms with Crippen molar-refractivity contribution < 1.29 is 0 Å². The van der Waals surface area contributed by atoms with Gasteiger partial charge in [-0.2, -0.15) is 0 Å². The maximum atomic E-state index is 5.93. The minimum Gasteiger partial charge on any atom is -0.310 e. The molecule has 0 aromatic heterocycles. The highest BCUT2D eigenvalue weighted by atomic mass is 35.5. The van der Waals surface area contributed by atoms with E-state index in [4.69, 9.17) is 11.6 Å². The lowest BCUT2D eigenvalue weighted by Gasteiger charge is -2.34. The van der Waals surface area contributed by atoms with Crippen LogP contribution < -0.4 is 5.32 Å². The van der Waals surface area contributed by atoms with Crippen LogP contribution in [0.2, 0.25) is 5.02 Å². The van der Waals surface area contributed by atoms with Gasteiger partial charge < -0.3 is 5.32 Å². The Labute approximate surface area is 125 Å². The fourth-order valence-corrected chi connectivity index (χ4v) is 3.83. The molecule has 18 heavy (non-hydrogen) atoms. The average molecular weight is 304 g/mol. The normalized spacial score (nSPS) is 13.6. The van der Waals surface area contributed by atoms with Crippen LogP contribution in [0.3, 0.4) is 0 Å². The molecule has 0 heterocycles. The van der Waals surface area contributed by atoms with Crippen molar-refractivity contribution in [3.63, 3.8) is 0 Å². The summed E-state index contributed by atoms with van der Waals surface area (Å²) in [4.78, 5) is 0. The number of hydrogen-bond acceptors (Lipinski definition) is 3. The van der Waals surface area contributed by atoms with E-state index in [-0.39, 0.29) is 5.54 Å². The summed E-state index contributed by atoms with van der Waals surface area (Å²) in [6.07, 6.45) is 2.41. The number of benzene rings is 1. The van der Waals surface area contributed by atoms with E-state index in [9.17, 15) is 0 Å². The predicted octanol–water partition coefficient (Wildman–Crippen LogP) is 5.13. The van der Waals surface area contributed by atoms with E-state index in [0.717, 1.165) is 11.6 Å². The molecule has 0 aliphatic heterocycles. The molecule has 1 N–H and O–H groups in total. The van der Waals surface area contributed by atoms with Crippen LogP contribution in [0, 0.1) is 0 Å². The Morgan fingerprint density at radius 1 is 1.33 bits per heavy atom. The molecule has 1 nitrogen and oxygen atoms in total. The van der Waals surface area contributed by atoms with E-state index >= 15 is 0 Å². The fourth-order valence-electron chi connectivity index (χ4n) is 1.93. The van der Waals surface area contributed by atoms with Gasteiger partial charge in [0, 0.05) is 10.6 Å². The first kappa shape index (κ1) is 16.2. The Bertz CT molecular complexity index is 351. The first-order valence-electron chi connectivity index (χ1n) is 6.32. The zero-order chi connectivity index (χ0) is 13.6. The molecular weight excluding hydrogens is 282 g/mol. The zero-order valence-corrected chi connectivity index (χ0v) is 13.7. The minimum absolute atomic E-state index is 0.00934. The van der Waals surface area contributed by atoms with E-state index in [1.807, 2.05) is 12.1 Å². The van der Waals surface area contributed by atoms with Crippen molar-refractivity contribution in [1.29, 1.82) is 0 Å². The van der Waals surface area contributed by atoms with Crippen molar-refractivity contribution in [2.75, 3.05) is 6.54 Å². The standard InChI is InChI=1S/C14H22ClNS2/c1-4-5-10-16-14(2,3)13(18-17)11-6-8-12(15)9-7-11/h6-9,13,16-17H,4-5,10H2,1-3H3/t13-/m0/s1. The van der Waals surface area contributed by atoms with Gasteiger partial charge in [-0.05, 0) is 44.5 Å².